The van der Waals surface area contributed by atoms with Crippen LogP contribution in [0.5, 0.6) is 0 Å². The number of hydrogen-bond donors (Lipinski definition) is 1. The molecule has 0 heterocycles. The van der Waals surface area contributed by atoms with Gasteiger partial charge in [0.2, 0.25) is 15.9 Å². The molecule has 1 atom stereocenters. The Morgan fingerprint density at radius 1 is 1.38 bits per heavy atom. The van der Waals surface area contributed by atoms with E-state index in [0.29, 0.717) is 11.3 Å². The van der Waals surface area contributed by atoms with Crippen molar-refractivity contribution < 1.29 is 13.2 Å². The molecule has 1 radical (unpaired) electrons. The van der Waals surface area contributed by atoms with Gasteiger partial charge >= 0.3 is 0 Å². The number of rotatable bonds is 4. The molecule has 16 heavy (non-hydrogen) atoms. The zero-order chi connectivity index (χ0) is 12.3. The molecule has 0 aliphatic carbocycles. The van der Waals surface area contributed by atoms with Gasteiger partial charge in [-0.05, 0) is 18.6 Å². The van der Waals surface area contributed by atoms with E-state index in [9.17, 15) is 13.2 Å². The molecule has 0 aromatic heterocycles. The number of benzene rings is 1. The van der Waals surface area contributed by atoms with E-state index >= 15 is 0 Å². The predicted molar refractivity (Wildman–Crippen MR) is 61.4 cm³/mol. The molecule has 0 saturated carbocycles. The maximum Gasteiger partial charge on any atom is 0.245 e. The van der Waals surface area contributed by atoms with Gasteiger partial charge in [0, 0.05) is 0 Å². The first-order chi connectivity index (χ1) is 7.31. The minimum atomic E-state index is -3.38. The van der Waals surface area contributed by atoms with Crippen molar-refractivity contribution in [2.45, 2.75) is 12.8 Å². The molecule has 0 aliphatic rings. The predicted octanol–water partition coefficient (Wildman–Crippen LogP) is 0.971. The minimum Gasteiger partial charge on any atom is -0.283 e. The topological polar surface area (TPSA) is 87.0 Å². The fourth-order valence-corrected chi connectivity index (χ4v) is 1.89. The Labute approximate surface area is 94.7 Å². The van der Waals surface area contributed by atoms with Crippen molar-refractivity contribution in [3.05, 3.63) is 29.8 Å². The Hall–Kier alpha value is -1.56. The summed E-state index contributed by atoms with van der Waals surface area (Å²) in [6.07, 6.45) is 1.04. The van der Waals surface area contributed by atoms with Gasteiger partial charge in [0.15, 0.2) is 0 Å². The van der Waals surface area contributed by atoms with E-state index in [1.54, 1.807) is 31.2 Å². The van der Waals surface area contributed by atoms with Gasteiger partial charge in [-0.1, -0.05) is 18.2 Å². The second kappa shape index (κ2) is 4.52. The molecule has 1 aromatic rings. The lowest BCUT2D eigenvalue weighted by atomic mass is 9.99. The van der Waals surface area contributed by atoms with Gasteiger partial charge in [-0.15, -0.1) is 0 Å². The van der Waals surface area contributed by atoms with Crippen molar-refractivity contribution in [2.24, 2.45) is 0 Å². The van der Waals surface area contributed by atoms with E-state index in [1.165, 1.54) is 0 Å². The highest BCUT2D eigenvalue weighted by Gasteiger charge is 2.17. The second-order valence-electron chi connectivity index (χ2n) is 3.55. The SMILES string of the molecule is CC(C([NH])=O)c1ccccc1NS(C)(=O)=O. The third kappa shape index (κ3) is 3.23. The van der Waals surface area contributed by atoms with Gasteiger partial charge in [0.1, 0.15) is 0 Å². The zero-order valence-corrected chi connectivity index (χ0v) is 9.84. The number of amides is 1. The summed E-state index contributed by atoms with van der Waals surface area (Å²) in [7, 11) is -3.38. The molecule has 6 heteroatoms. The fourth-order valence-electron chi connectivity index (χ4n) is 1.31. The van der Waals surface area contributed by atoms with Crippen molar-refractivity contribution in [1.82, 2.24) is 5.73 Å². The molecular weight excluding hydrogens is 228 g/mol. The number of carbonyl (C=O) groups is 1. The van der Waals surface area contributed by atoms with Gasteiger partial charge in [0.25, 0.3) is 0 Å². The summed E-state index contributed by atoms with van der Waals surface area (Å²) in [6.45, 7) is 1.57. The van der Waals surface area contributed by atoms with Gasteiger partial charge in [-0.2, -0.15) is 0 Å². The molecule has 0 bridgehead atoms. The molecular formula is C10H13N2O3S. The first-order valence-corrected chi connectivity index (χ1v) is 6.52. The molecule has 0 saturated heterocycles. The number of hydrogen-bond acceptors (Lipinski definition) is 3. The Balaban J connectivity index is 3.15. The normalized spacial score (nSPS) is 13.1. The van der Waals surface area contributed by atoms with E-state index < -0.39 is 21.8 Å². The maximum atomic E-state index is 11.1. The van der Waals surface area contributed by atoms with Crippen LogP contribution in [0.3, 0.4) is 0 Å². The standard InChI is InChI=1S/C10H13N2O3S/c1-7(10(11)13)8-5-3-4-6-9(8)12-16(2,14)15/h3-7,11-12H,1-2H3. The van der Waals surface area contributed by atoms with Gasteiger partial charge in [-0.25, -0.2) is 8.42 Å². The zero-order valence-electron chi connectivity index (χ0n) is 9.02. The molecule has 1 amide bonds. The molecule has 5 nitrogen and oxygen atoms in total. The highest BCUT2D eigenvalue weighted by Crippen LogP contribution is 2.24. The number of nitrogens with one attached hydrogen (secondary N) is 2. The number of sulfonamides is 1. The van der Waals surface area contributed by atoms with Crippen LogP contribution in [-0.2, 0) is 14.8 Å². The molecule has 0 spiro atoms. The Kier molecular flexibility index (Phi) is 3.54. The largest absolute Gasteiger partial charge is 0.283 e. The first-order valence-electron chi connectivity index (χ1n) is 4.63. The number of anilines is 1. The molecule has 0 fully saturated rings. The van der Waals surface area contributed by atoms with Crippen LogP contribution in [0.2, 0.25) is 0 Å². The lowest BCUT2D eigenvalue weighted by Crippen LogP contribution is -2.15. The molecule has 1 unspecified atom stereocenters. The molecule has 1 rings (SSSR count). The van der Waals surface area contributed by atoms with Crippen LogP contribution in [-0.4, -0.2) is 20.6 Å². The summed E-state index contributed by atoms with van der Waals surface area (Å²) >= 11 is 0. The summed E-state index contributed by atoms with van der Waals surface area (Å²) in [5.74, 6) is -1.40. The smallest absolute Gasteiger partial charge is 0.245 e. The van der Waals surface area contributed by atoms with E-state index in [-0.39, 0.29) is 0 Å². The Morgan fingerprint density at radius 3 is 2.44 bits per heavy atom. The monoisotopic (exact) mass is 241 g/mol. The van der Waals surface area contributed by atoms with E-state index in [4.69, 9.17) is 5.73 Å². The number of carbonyl (C=O) groups excluding carboxylic acids is 1. The Bertz CT molecular complexity index is 497. The molecule has 2 N–H and O–H groups in total. The average Bonchev–Trinajstić information content (AvgIpc) is 2.15. The van der Waals surface area contributed by atoms with Gasteiger partial charge < -0.3 is 0 Å². The summed E-state index contributed by atoms with van der Waals surface area (Å²) in [4.78, 5) is 11.0. The lowest BCUT2D eigenvalue weighted by Gasteiger charge is -2.13. The van der Waals surface area contributed by atoms with Crippen molar-refractivity contribution in [1.29, 1.82) is 0 Å². The molecule has 87 valence electrons. The quantitative estimate of drug-likeness (QED) is 0.852. The average molecular weight is 241 g/mol. The van der Waals surface area contributed by atoms with E-state index in [1.807, 2.05) is 0 Å². The van der Waals surface area contributed by atoms with Gasteiger partial charge in [0.05, 0.1) is 17.9 Å². The van der Waals surface area contributed by atoms with Crippen LogP contribution < -0.4 is 10.5 Å². The highest BCUT2D eigenvalue weighted by atomic mass is 32.2. The fraction of sp³-hybridized carbons (Fsp3) is 0.300. The van der Waals surface area contributed by atoms with Crippen molar-refractivity contribution in [3.63, 3.8) is 0 Å². The summed E-state index contributed by atoms with van der Waals surface area (Å²) < 4.78 is 24.5. The third-order valence-corrected chi connectivity index (χ3v) is 2.71. The minimum absolute atomic E-state index is 0.345. The van der Waals surface area contributed by atoms with Crippen LogP contribution in [0.25, 0.3) is 0 Å². The van der Waals surface area contributed by atoms with E-state index in [2.05, 4.69) is 4.72 Å². The van der Waals surface area contributed by atoms with Crippen LogP contribution in [0.1, 0.15) is 18.4 Å². The Morgan fingerprint density at radius 2 is 1.94 bits per heavy atom. The third-order valence-electron chi connectivity index (χ3n) is 2.12. The van der Waals surface area contributed by atoms with Crippen molar-refractivity contribution in [3.8, 4) is 0 Å². The van der Waals surface area contributed by atoms with Crippen LogP contribution in [0.15, 0.2) is 24.3 Å². The summed E-state index contributed by atoms with van der Waals surface area (Å²) in [6, 6.07) is 6.56. The summed E-state index contributed by atoms with van der Waals surface area (Å²) in [5.41, 5.74) is 7.89. The van der Waals surface area contributed by atoms with Gasteiger partial charge in [-0.3, -0.25) is 15.3 Å². The second-order valence-corrected chi connectivity index (χ2v) is 5.30. The van der Waals surface area contributed by atoms with Crippen LogP contribution in [0.4, 0.5) is 5.69 Å². The van der Waals surface area contributed by atoms with Crippen LogP contribution in [0, 0.1) is 0 Å². The number of para-hydroxylation sites is 1. The molecule has 1 aromatic carbocycles. The first kappa shape index (κ1) is 12.5. The maximum absolute atomic E-state index is 11.1. The highest BCUT2D eigenvalue weighted by molar-refractivity contribution is 7.92. The summed E-state index contributed by atoms with van der Waals surface area (Å²) in [5, 5.41) is 0. The van der Waals surface area contributed by atoms with E-state index in [0.717, 1.165) is 6.26 Å². The lowest BCUT2D eigenvalue weighted by molar-refractivity contribution is -0.119. The van der Waals surface area contributed by atoms with Crippen molar-refractivity contribution in [2.75, 3.05) is 11.0 Å². The van der Waals surface area contributed by atoms with Crippen molar-refractivity contribution >= 4 is 21.6 Å². The van der Waals surface area contributed by atoms with Crippen LogP contribution >= 0.6 is 0 Å². The molecule has 0 aliphatic heterocycles.